The molecule has 4 nitrogen and oxygen atoms in total. The molecule has 0 amide bonds. The summed E-state index contributed by atoms with van der Waals surface area (Å²) in [6, 6.07) is 0.418. The topological polar surface area (TPSA) is 49.4 Å². The van der Waals surface area contributed by atoms with Gasteiger partial charge in [0.15, 0.2) is 0 Å². The fourth-order valence-electron chi connectivity index (χ4n) is 2.70. The van der Waals surface area contributed by atoms with Gasteiger partial charge in [0, 0.05) is 24.9 Å². The van der Waals surface area contributed by atoms with Crippen molar-refractivity contribution in [3.8, 4) is 0 Å². The third kappa shape index (κ3) is 5.84. The van der Waals surface area contributed by atoms with E-state index in [1.165, 1.54) is 25.6 Å². The molecule has 1 N–H and O–H groups in total. The van der Waals surface area contributed by atoms with E-state index >= 15 is 0 Å². The molecule has 0 bridgehead atoms. The van der Waals surface area contributed by atoms with E-state index < -0.39 is 9.84 Å². The van der Waals surface area contributed by atoms with Gasteiger partial charge in [-0.25, -0.2) is 8.42 Å². The molecule has 0 aliphatic carbocycles. The number of piperidine rings is 1. The maximum atomic E-state index is 11.2. The van der Waals surface area contributed by atoms with E-state index in [1.807, 2.05) is 6.92 Å². The largest absolute Gasteiger partial charge is 0.310 e. The maximum Gasteiger partial charge on any atom is 0.148 e. The number of sulfone groups is 1. The number of nitrogens with zero attached hydrogens (tertiary/aromatic N) is 1. The molecule has 5 heteroatoms. The third-order valence-corrected chi connectivity index (χ3v) is 4.57. The summed E-state index contributed by atoms with van der Waals surface area (Å²) >= 11 is 0. The average Bonchev–Trinajstić information content (AvgIpc) is 2.14. The van der Waals surface area contributed by atoms with Crippen molar-refractivity contribution in [1.29, 1.82) is 0 Å². The van der Waals surface area contributed by atoms with Gasteiger partial charge in [0.1, 0.15) is 9.84 Å². The second-order valence-corrected chi connectivity index (χ2v) is 7.80. The summed E-state index contributed by atoms with van der Waals surface area (Å²) in [5.74, 6) is 0.857. The summed E-state index contributed by atoms with van der Waals surface area (Å²) in [5, 5.41) is 3.42. The molecule has 0 aromatic carbocycles. The molecular formula is C12H26N2O2S. The van der Waals surface area contributed by atoms with Crippen LogP contribution in [0.2, 0.25) is 0 Å². The lowest BCUT2D eigenvalue weighted by atomic mass is 9.91. The van der Waals surface area contributed by atoms with Crippen LogP contribution in [0, 0.1) is 5.92 Å². The van der Waals surface area contributed by atoms with E-state index in [1.54, 1.807) is 0 Å². The van der Waals surface area contributed by atoms with Crippen molar-refractivity contribution < 1.29 is 8.42 Å². The van der Waals surface area contributed by atoms with Crippen molar-refractivity contribution in [2.45, 2.75) is 38.8 Å². The molecule has 1 aliphatic rings. The van der Waals surface area contributed by atoms with Gasteiger partial charge >= 0.3 is 0 Å². The molecule has 1 aliphatic heterocycles. The Morgan fingerprint density at radius 3 is 2.59 bits per heavy atom. The first-order chi connectivity index (χ1) is 7.78. The fraction of sp³-hybridized carbons (Fsp3) is 1.00. The van der Waals surface area contributed by atoms with Gasteiger partial charge in [-0.1, -0.05) is 0 Å². The highest BCUT2D eigenvalue weighted by molar-refractivity contribution is 7.90. The molecule has 0 saturated carbocycles. The summed E-state index contributed by atoms with van der Waals surface area (Å²) in [5.41, 5.74) is 0. The van der Waals surface area contributed by atoms with E-state index in [0.29, 0.717) is 12.0 Å². The van der Waals surface area contributed by atoms with Crippen LogP contribution in [-0.2, 0) is 9.84 Å². The predicted molar refractivity (Wildman–Crippen MR) is 72.0 cm³/mol. The lowest BCUT2D eigenvalue weighted by molar-refractivity contribution is 0.175. The standard InChI is InChI=1S/C12H26N2O2S/c1-10(9-17(4,15)16)13-11(2)12-6-5-7-14(3)8-12/h10-13H,5-9H2,1-4H3. The molecule has 1 rings (SSSR count). The zero-order chi connectivity index (χ0) is 13.1. The second-order valence-electron chi connectivity index (χ2n) is 5.61. The molecule has 1 heterocycles. The zero-order valence-corrected chi connectivity index (χ0v) is 12.3. The molecule has 102 valence electrons. The maximum absolute atomic E-state index is 11.2. The van der Waals surface area contributed by atoms with Gasteiger partial charge in [0.25, 0.3) is 0 Å². The van der Waals surface area contributed by atoms with Gasteiger partial charge < -0.3 is 10.2 Å². The van der Waals surface area contributed by atoms with Crippen LogP contribution in [0.5, 0.6) is 0 Å². The van der Waals surface area contributed by atoms with Crippen LogP contribution < -0.4 is 5.32 Å². The van der Waals surface area contributed by atoms with Crippen molar-refractivity contribution in [3.05, 3.63) is 0 Å². The Labute approximate surface area is 106 Å². The Morgan fingerprint density at radius 1 is 1.41 bits per heavy atom. The molecule has 0 aromatic rings. The van der Waals surface area contributed by atoms with E-state index in [9.17, 15) is 8.42 Å². The van der Waals surface area contributed by atoms with Gasteiger partial charge in [-0.3, -0.25) is 0 Å². The molecule has 1 fully saturated rings. The first-order valence-electron chi connectivity index (χ1n) is 6.40. The van der Waals surface area contributed by atoms with Crippen molar-refractivity contribution >= 4 is 9.84 Å². The van der Waals surface area contributed by atoms with Crippen LogP contribution in [0.25, 0.3) is 0 Å². The van der Waals surface area contributed by atoms with Gasteiger partial charge in [-0.2, -0.15) is 0 Å². The fourth-order valence-corrected chi connectivity index (χ4v) is 3.71. The number of rotatable bonds is 5. The highest BCUT2D eigenvalue weighted by Crippen LogP contribution is 2.18. The lowest BCUT2D eigenvalue weighted by Gasteiger charge is -2.35. The summed E-state index contributed by atoms with van der Waals surface area (Å²) in [6.07, 6.45) is 3.78. The van der Waals surface area contributed by atoms with E-state index in [2.05, 4.69) is 24.2 Å². The molecule has 17 heavy (non-hydrogen) atoms. The van der Waals surface area contributed by atoms with E-state index in [4.69, 9.17) is 0 Å². The van der Waals surface area contributed by atoms with E-state index in [-0.39, 0.29) is 11.8 Å². The van der Waals surface area contributed by atoms with Crippen LogP contribution in [0.1, 0.15) is 26.7 Å². The molecule has 0 radical (unpaired) electrons. The number of hydrogen-bond donors (Lipinski definition) is 1. The van der Waals surface area contributed by atoms with Gasteiger partial charge in [-0.05, 0) is 46.2 Å². The smallest absolute Gasteiger partial charge is 0.148 e. The Balaban J connectivity index is 2.40. The minimum atomic E-state index is -2.88. The lowest BCUT2D eigenvalue weighted by Crippen LogP contribution is -2.47. The first kappa shape index (κ1) is 14.9. The Bertz CT molecular complexity index is 329. The number of hydrogen-bond acceptors (Lipinski definition) is 4. The minimum absolute atomic E-state index is 0.0345. The molecule has 1 saturated heterocycles. The van der Waals surface area contributed by atoms with Crippen molar-refractivity contribution in [3.63, 3.8) is 0 Å². The van der Waals surface area contributed by atoms with Crippen molar-refractivity contribution in [2.24, 2.45) is 5.92 Å². The minimum Gasteiger partial charge on any atom is -0.310 e. The van der Waals surface area contributed by atoms with Gasteiger partial charge in [-0.15, -0.1) is 0 Å². The van der Waals surface area contributed by atoms with Crippen LogP contribution in [0.3, 0.4) is 0 Å². The Kier molecular flexibility index (Phi) is 5.41. The summed E-state index contributed by atoms with van der Waals surface area (Å²) in [7, 11) is -0.732. The molecule has 3 atom stereocenters. The van der Waals surface area contributed by atoms with Crippen LogP contribution in [0.4, 0.5) is 0 Å². The summed E-state index contributed by atoms with van der Waals surface area (Å²) in [6.45, 7) is 6.41. The van der Waals surface area contributed by atoms with Gasteiger partial charge in [0.2, 0.25) is 0 Å². The highest BCUT2D eigenvalue weighted by atomic mass is 32.2. The second kappa shape index (κ2) is 6.16. The van der Waals surface area contributed by atoms with Crippen LogP contribution in [0.15, 0.2) is 0 Å². The Morgan fingerprint density at radius 2 is 2.06 bits per heavy atom. The third-order valence-electron chi connectivity index (χ3n) is 3.47. The van der Waals surface area contributed by atoms with Crippen molar-refractivity contribution in [2.75, 3.05) is 32.1 Å². The zero-order valence-electron chi connectivity index (χ0n) is 11.4. The van der Waals surface area contributed by atoms with Crippen LogP contribution >= 0.6 is 0 Å². The highest BCUT2D eigenvalue weighted by Gasteiger charge is 2.24. The van der Waals surface area contributed by atoms with Crippen molar-refractivity contribution in [1.82, 2.24) is 10.2 Å². The first-order valence-corrected chi connectivity index (χ1v) is 8.46. The molecular weight excluding hydrogens is 236 g/mol. The Hall–Kier alpha value is -0.130. The number of likely N-dealkylation sites (tertiary alicyclic amines) is 1. The number of nitrogens with one attached hydrogen (secondary N) is 1. The molecule has 0 aromatic heterocycles. The van der Waals surface area contributed by atoms with Gasteiger partial charge in [0.05, 0.1) is 5.75 Å². The predicted octanol–water partition coefficient (Wildman–Crippen LogP) is 0.739. The summed E-state index contributed by atoms with van der Waals surface area (Å²) < 4.78 is 22.4. The quantitative estimate of drug-likeness (QED) is 0.794. The van der Waals surface area contributed by atoms with Crippen LogP contribution in [-0.4, -0.2) is 57.5 Å². The average molecular weight is 262 g/mol. The SMILES string of the molecule is CC(CS(C)(=O)=O)NC(C)C1CCCN(C)C1. The molecule has 0 spiro atoms. The normalized spacial score (nSPS) is 26.7. The summed E-state index contributed by atoms with van der Waals surface area (Å²) in [4.78, 5) is 2.35. The molecule has 3 unspecified atom stereocenters. The van der Waals surface area contributed by atoms with E-state index in [0.717, 1.165) is 6.54 Å². The monoisotopic (exact) mass is 262 g/mol.